The molecule has 2 rings (SSSR count). The van der Waals surface area contributed by atoms with Crippen molar-refractivity contribution in [3.05, 3.63) is 11.3 Å². The number of carbonyl (C=O) groups excluding carboxylic acids is 1. The van der Waals surface area contributed by atoms with E-state index in [9.17, 15) is 20.1 Å². The summed E-state index contributed by atoms with van der Waals surface area (Å²) in [5.41, 5.74) is 0.0336. The molecule has 0 aromatic heterocycles. The largest absolute Gasteiger partial charge is 0.509 e. The van der Waals surface area contributed by atoms with Crippen LogP contribution in [-0.4, -0.2) is 33.7 Å². The van der Waals surface area contributed by atoms with Gasteiger partial charge < -0.3 is 20.1 Å². The normalized spacial score (nSPS) is 38.9. The van der Waals surface area contributed by atoms with Gasteiger partial charge in [0.15, 0.2) is 0 Å². The third kappa shape index (κ3) is 1.12. The van der Waals surface area contributed by atoms with Crippen molar-refractivity contribution >= 4 is 5.97 Å². The molecule has 72 valence electrons. The predicted molar refractivity (Wildman–Crippen MR) is 40.5 cm³/mol. The number of aliphatic hydroxyl groups excluding tert-OH is 3. The Morgan fingerprint density at radius 3 is 2.69 bits per heavy atom. The Bertz CT molecular complexity index is 282. The number of fused-ring (bicyclic) bond motifs is 1. The SMILES string of the molecule is O=C1OC(O)C2CCC(O)C(O)=C12. The van der Waals surface area contributed by atoms with Crippen LogP contribution in [0, 0.1) is 5.92 Å². The van der Waals surface area contributed by atoms with Gasteiger partial charge in [0, 0.05) is 0 Å². The molecular formula is C8H10O5. The second kappa shape index (κ2) is 2.71. The molecule has 0 bridgehead atoms. The maximum atomic E-state index is 11.1. The monoisotopic (exact) mass is 186 g/mol. The quantitative estimate of drug-likeness (QED) is 0.441. The highest BCUT2D eigenvalue weighted by Crippen LogP contribution is 2.37. The summed E-state index contributed by atoms with van der Waals surface area (Å²) in [6, 6.07) is 0. The summed E-state index contributed by atoms with van der Waals surface area (Å²) in [4.78, 5) is 11.1. The number of esters is 1. The molecule has 13 heavy (non-hydrogen) atoms. The zero-order valence-corrected chi connectivity index (χ0v) is 6.80. The number of rotatable bonds is 0. The van der Waals surface area contributed by atoms with Gasteiger partial charge >= 0.3 is 5.97 Å². The maximum Gasteiger partial charge on any atom is 0.340 e. The van der Waals surface area contributed by atoms with Crippen molar-refractivity contribution in [1.82, 2.24) is 0 Å². The van der Waals surface area contributed by atoms with Gasteiger partial charge in [-0.25, -0.2) is 4.79 Å². The van der Waals surface area contributed by atoms with E-state index >= 15 is 0 Å². The van der Waals surface area contributed by atoms with Crippen LogP contribution in [0.4, 0.5) is 0 Å². The Labute approximate surface area is 74.3 Å². The predicted octanol–water partition coefficient (Wildman–Crippen LogP) is -0.555. The smallest absolute Gasteiger partial charge is 0.340 e. The minimum Gasteiger partial charge on any atom is -0.509 e. The van der Waals surface area contributed by atoms with E-state index in [-0.39, 0.29) is 11.3 Å². The minimum absolute atomic E-state index is 0.0336. The van der Waals surface area contributed by atoms with E-state index in [1.807, 2.05) is 0 Å². The van der Waals surface area contributed by atoms with E-state index in [1.165, 1.54) is 0 Å². The standard InChI is InChI=1S/C8H10O5/c9-4-2-1-3-5(6(4)10)8(12)13-7(3)11/h3-4,7,9-11H,1-2H2. The summed E-state index contributed by atoms with van der Waals surface area (Å²) in [7, 11) is 0. The van der Waals surface area contributed by atoms with E-state index in [4.69, 9.17) is 0 Å². The van der Waals surface area contributed by atoms with Crippen molar-refractivity contribution in [1.29, 1.82) is 0 Å². The molecule has 3 atom stereocenters. The molecule has 1 fully saturated rings. The summed E-state index contributed by atoms with van der Waals surface area (Å²) in [5, 5.41) is 27.8. The first-order valence-electron chi connectivity index (χ1n) is 4.11. The van der Waals surface area contributed by atoms with Crippen molar-refractivity contribution in [2.45, 2.75) is 25.2 Å². The molecule has 0 saturated carbocycles. The molecule has 5 heteroatoms. The Morgan fingerprint density at radius 1 is 1.31 bits per heavy atom. The molecule has 0 radical (unpaired) electrons. The van der Waals surface area contributed by atoms with Crippen LogP contribution in [0.2, 0.25) is 0 Å². The van der Waals surface area contributed by atoms with Crippen molar-refractivity contribution in [3.8, 4) is 0 Å². The number of hydrogen-bond acceptors (Lipinski definition) is 5. The van der Waals surface area contributed by atoms with Crippen molar-refractivity contribution in [2.75, 3.05) is 0 Å². The second-order valence-electron chi connectivity index (χ2n) is 3.29. The van der Waals surface area contributed by atoms with Crippen molar-refractivity contribution < 1.29 is 24.9 Å². The number of ether oxygens (including phenoxy) is 1. The summed E-state index contributed by atoms with van der Waals surface area (Å²) in [6.07, 6.45) is -1.37. The highest BCUT2D eigenvalue weighted by molar-refractivity contribution is 5.92. The average molecular weight is 186 g/mol. The van der Waals surface area contributed by atoms with E-state index in [0.717, 1.165) is 0 Å². The molecule has 0 amide bonds. The summed E-state index contributed by atoms with van der Waals surface area (Å²) < 4.78 is 4.51. The van der Waals surface area contributed by atoms with Gasteiger partial charge in [-0.2, -0.15) is 0 Å². The van der Waals surface area contributed by atoms with Gasteiger partial charge in [-0.3, -0.25) is 0 Å². The first-order chi connectivity index (χ1) is 6.11. The van der Waals surface area contributed by atoms with Gasteiger partial charge in [0.25, 0.3) is 0 Å². The van der Waals surface area contributed by atoms with Crippen LogP contribution in [0.25, 0.3) is 0 Å². The summed E-state index contributed by atoms with van der Waals surface area (Å²) in [5.74, 6) is -1.55. The lowest BCUT2D eigenvalue weighted by molar-refractivity contribution is -0.155. The minimum atomic E-state index is -1.17. The zero-order valence-electron chi connectivity index (χ0n) is 6.80. The van der Waals surface area contributed by atoms with Crippen LogP contribution in [0.15, 0.2) is 11.3 Å². The van der Waals surface area contributed by atoms with Crippen LogP contribution in [-0.2, 0) is 9.53 Å². The fraction of sp³-hybridized carbons (Fsp3) is 0.625. The highest BCUT2D eigenvalue weighted by Gasteiger charge is 2.44. The van der Waals surface area contributed by atoms with Crippen LogP contribution >= 0.6 is 0 Å². The lowest BCUT2D eigenvalue weighted by Crippen LogP contribution is -2.26. The topological polar surface area (TPSA) is 87.0 Å². The molecule has 5 nitrogen and oxygen atoms in total. The van der Waals surface area contributed by atoms with Gasteiger partial charge in [0.2, 0.25) is 6.29 Å². The van der Waals surface area contributed by atoms with E-state index < -0.39 is 24.3 Å². The third-order valence-electron chi connectivity index (χ3n) is 2.51. The van der Waals surface area contributed by atoms with Crippen LogP contribution in [0.5, 0.6) is 0 Å². The number of hydrogen-bond donors (Lipinski definition) is 3. The first kappa shape index (κ1) is 8.52. The van der Waals surface area contributed by atoms with Crippen LogP contribution in [0.1, 0.15) is 12.8 Å². The molecule has 1 aliphatic heterocycles. The highest BCUT2D eigenvalue weighted by atomic mass is 16.6. The van der Waals surface area contributed by atoms with Gasteiger partial charge in [-0.05, 0) is 12.8 Å². The molecular weight excluding hydrogens is 176 g/mol. The zero-order chi connectivity index (χ0) is 9.59. The molecule has 2 aliphatic rings. The molecule has 0 aromatic rings. The van der Waals surface area contributed by atoms with E-state index in [0.29, 0.717) is 12.8 Å². The van der Waals surface area contributed by atoms with Crippen molar-refractivity contribution in [2.24, 2.45) is 5.92 Å². The second-order valence-corrected chi connectivity index (χ2v) is 3.29. The van der Waals surface area contributed by atoms with E-state index in [2.05, 4.69) is 4.74 Å². The van der Waals surface area contributed by atoms with Gasteiger partial charge in [0.05, 0.1) is 11.5 Å². The fourth-order valence-electron chi connectivity index (χ4n) is 1.78. The van der Waals surface area contributed by atoms with E-state index in [1.54, 1.807) is 0 Å². The molecule has 0 spiro atoms. The summed E-state index contributed by atoms with van der Waals surface area (Å²) >= 11 is 0. The first-order valence-corrected chi connectivity index (χ1v) is 4.11. The molecule has 1 aliphatic carbocycles. The van der Waals surface area contributed by atoms with Crippen LogP contribution in [0.3, 0.4) is 0 Å². The molecule has 0 aromatic carbocycles. The van der Waals surface area contributed by atoms with Gasteiger partial charge in [0.1, 0.15) is 11.9 Å². The molecule has 3 unspecified atom stereocenters. The van der Waals surface area contributed by atoms with Gasteiger partial charge in [-0.15, -0.1) is 0 Å². The number of carbonyl (C=O) groups is 1. The van der Waals surface area contributed by atoms with Crippen molar-refractivity contribution in [3.63, 3.8) is 0 Å². The molecule has 1 saturated heterocycles. The Hall–Kier alpha value is -1.07. The Kier molecular flexibility index (Phi) is 1.78. The summed E-state index contributed by atoms with van der Waals surface area (Å²) in [6.45, 7) is 0. The fourth-order valence-corrected chi connectivity index (χ4v) is 1.78. The lowest BCUT2D eigenvalue weighted by Gasteiger charge is -2.21. The Morgan fingerprint density at radius 2 is 2.00 bits per heavy atom. The third-order valence-corrected chi connectivity index (χ3v) is 2.51. The lowest BCUT2D eigenvalue weighted by atomic mass is 9.86. The molecule has 1 heterocycles. The van der Waals surface area contributed by atoms with Crippen LogP contribution < -0.4 is 0 Å². The maximum absolute atomic E-state index is 11.1. The number of aliphatic hydroxyl groups is 3. The molecule has 3 N–H and O–H groups in total. The van der Waals surface area contributed by atoms with Gasteiger partial charge in [-0.1, -0.05) is 0 Å². The number of cyclic esters (lactones) is 1. The Balaban J connectivity index is 2.41. The average Bonchev–Trinajstić information content (AvgIpc) is 2.35.